The van der Waals surface area contributed by atoms with Crippen LogP contribution in [-0.4, -0.2) is 12.6 Å². The molecule has 5 heteroatoms. The van der Waals surface area contributed by atoms with Crippen molar-refractivity contribution in [2.75, 3.05) is 6.61 Å². The zero-order chi connectivity index (χ0) is 10.7. The van der Waals surface area contributed by atoms with Crippen LogP contribution in [0.25, 0.3) is 0 Å². The van der Waals surface area contributed by atoms with Crippen LogP contribution in [0.4, 0.5) is 4.39 Å². The second kappa shape index (κ2) is 4.93. The minimum Gasteiger partial charge on any atom is -0.462 e. The molecular weight excluding hydrogens is 321 g/mol. The van der Waals surface area contributed by atoms with Gasteiger partial charge in [-0.05, 0) is 41.6 Å². The number of esters is 1. The van der Waals surface area contributed by atoms with Gasteiger partial charge in [0.25, 0.3) is 0 Å². The highest BCUT2D eigenvalue weighted by atomic mass is 127. The molecule has 0 saturated heterocycles. The van der Waals surface area contributed by atoms with Gasteiger partial charge in [0, 0.05) is 3.57 Å². The van der Waals surface area contributed by atoms with E-state index in [0.717, 1.165) is 0 Å². The maximum Gasteiger partial charge on any atom is 0.342 e. The van der Waals surface area contributed by atoms with E-state index in [4.69, 9.17) is 16.3 Å². The molecule has 1 aromatic carbocycles. The quantitative estimate of drug-likeness (QED) is 0.473. The van der Waals surface area contributed by atoms with E-state index >= 15 is 0 Å². The summed E-state index contributed by atoms with van der Waals surface area (Å²) in [6.07, 6.45) is 0. The van der Waals surface area contributed by atoms with E-state index in [1.165, 1.54) is 6.07 Å². The highest BCUT2D eigenvalue weighted by Crippen LogP contribution is 2.23. The fourth-order valence-electron chi connectivity index (χ4n) is 0.917. The molecule has 14 heavy (non-hydrogen) atoms. The zero-order valence-corrected chi connectivity index (χ0v) is 10.2. The van der Waals surface area contributed by atoms with Crippen molar-refractivity contribution in [3.05, 3.63) is 32.1 Å². The van der Waals surface area contributed by atoms with Gasteiger partial charge in [-0.25, -0.2) is 9.18 Å². The van der Waals surface area contributed by atoms with Gasteiger partial charge in [-0.1, -0.05) is 11.6 Å². The van der Waals surface area contributed by atoms with Gasteiger partial charge in [0.15, 0.2) is 5.82 Å². The van der Waals surface area contributed by atoms with E-state index in [-0.39, 0.29) is 17.2 Å². The molecule has 0 N–H and O–H groups in total. The van der Waals surface area contributed by atoms with E-state index in [1.54, 1.807) is 13.0 Å². The smallest absolute Gasteiger partial charge is 0.342 e. The van der Waals surface area contributed by atoms with Gasteiger partial charge in [0.1, 0.15) is 5.56 Å². The zero-order valence-electron chi connectivity index (χ0n) is 7.31. The monoisotopic (exact) mass is 328 g/mol. The predicted molar refractivity (Wildman–Crippen MR) is 60.1 cm³/mol. The number of hydrogen-bond acceptors (Lipinski definition) is 2. The molecule has 0 fully saturated rings. The second-order valence-electron chi connectivity index (χ2n) is 2.44. The molecule has 0 aliphatic rings. The van der Waals surface area contributed by atoms with Crippen molar-refractivity contribution in [1.82, 2.24) is 0 Å². The number of benzene rings is 1. The molecule has 0 aliphatic heterocycles. The van der Waals surface area contributed by atoms with Crippen LogP contribution in [-0.2, 0) is 4.74 Å². The molecule has 0 aromatic heterocycles. The van der Waals surface area contributed by atoms with Gasteiger partial charge in [0.05, 0.1) is 11.6 Å². The summed E-state index contributed by atoms with van der Waals surface area (Å²) in [5.74, 6) is -1.41. The highest BCUT2D eigenvalue weighted by Gasteiger charge is 2.18. The lowest BCUT2D eigenvalue weighted by molar-refractivity contribution is 0.0519. The topological polar surface area (TPSA) is 26.3 Å². The van der Waals surface area contributed by atoms with Crippen LogP contribution in [0, 0.1) is 9.39 Å². The number of rotatable bonds is 2. The number of halogens is 3. The Morgan fingerprint density at radius 1 is 1.64 bits per heavy atom. The van der Waals surface area contributed by atoms with E-state index < -0.39 is 11.8 Å². The minimum atomic E-state index is -0.725. The average Bonchev–Trinajstić information content (AvgIpc) is 2.13. The maximum atomic E-state index is 13.4. The van der Waals surface area contributed by atoms with Crippen molar-refractivity contribution in [3.8, 4) is 0 Å². The fourth-order valence-corrected chi connectivity index (χ4v) is 1.71. The molecule has 0 amide bonds. The minimum absolute atomic E-state index is 0.0755. The molecule has 0 unspecified atom stereocenters. The van der Waals surface area contributed by atoms with Gasteiger partial charge < -0.3 is 4.74 Å². The number of carbonyl (C=O) groups is 1. The Labute approximate surface area is 99.5 Å². The van der Waals surface area contributed by atoms with Crippen LogP contribution >= 0.6 is 34.2 Å². The molecule has 0 aliphatic carbocycles. The lowest BCUT2D eigenvalue weighted by Crippen LogP contribution is -2.09. The summed E-state index contributed by atoms with van der Waals surface area (Å²) in [6, 6.07) is 2.97. The molecule has 0 bridgehead atoms. The molecule has 0 atom stereocenters. The van der Waals surface area contributed by atoms with Crippen molar-refractivity contribution in [1.29, 1.82) is 0 Å². The number of ether oxygens (including phenoxy) is 1. The van der Waals surface area contributed by atoms with Gasteiger partial charge in [-0.15, -0.1) is 0 Å². The lowest BCUT2D eigenvalue weighted by atomic mass is 10.2. The molecule has 0 heterocycles. The van der Waals surface area contributed by atoms with Crippen LogP contribution in [0.5, 0.6) is 0 Å². The first-order chi connectivity index (χ1) is 6.57. The van der Waals surface area contributed by atoms with E-state index in [2.05, 4.69) is 0 Å². The van der Waals surface area contributed by atoms with Crippen LogP contribution in [0.3, 0.4) is 0 Å². The Morgan fingerprint density at radius 2 is 2.29 bits per heavy atom. The van der Waals surface area contributed by atoms with Crippen molar-refractivity contribution in [2.24, 2.45) is 0 Å². The second-order valence-corrected chi connectivity index (χ2v) is 4.01. The third-order valence-electron chi connectivity index (χ3n) is 1.52. The first kappa shape index (κ1) is 11.7. The van der Waals surface area contributed by atoms with Crippen molar-refractivity contribution >= 4 is 40.2 Å². The molecule has 0 spiro atoms. The third-order valence-corrected chi connectivity index (χ3v) is 2.71. The molecule has 0 saturated carbocycles. The molecule has 0 radical (unpaired) electrons. The van der Waals surface area contributed by atoms with Crippen LogP contribution < -0.4 is 0 Å². The van der Waals surface area contributed by atoms with E-state index in [9.17, 15) is 9.18 Å². The molecular formula is C9H7ClFIO2. The average molecular weight is 329 g/mol. The predicted octanol–water partition coefficient (Wildman–Crippen LogP) is 3.26. The van der Waals surface area contributed by atoms with Crippen LogP contribution in [0.1, 0.15) is 17.3 Å². The summed E-state index contributed by atoms with van der Waals surface area (Å²) in [5.41, 5.74) is -0.0973. The maximum absolute atomic E-state index is 13.4. The fraction of sp³-hybridized carbons (Fsp3) is 0.222. The standard InChI is InChI=1S/C9H7ClFIO2/c1-2-14-9(13)7-6(12)4-3-5(10)8(7)11/h3-4H,2H2,1H3. The van der Waals surface area contributed by atoms with Gasteiger partial charge >= 0.3 is 5.97 Å². The number of hydrogen-bond donors (Lipinski definition) is 0. The van der Waals surface area contributed by atoms with Gasteiger partial charge in [-0.2, -0.15) is 0 Å². The normalized spacial score (nSPS) is 10.0. The summed E-state index contributed by atoms with van der Waals surface area (Å²) in [4.78, 5) is 11.3. The van der Waals surface area contributed by atoms with E-state index in [0.29, 0.717) is 3.57 Å². The summed E-state index contributed by atoms with van der Waals surface area (Å²) < 4.78 is 18.6. The first-order valence-corrected chi connectivity index (χ1v) is 5.34. The largest absolute Gasteiger partial charge is 0.462 e. The van der Waals surface area contributed by atoms with Crippen LogP contribution in [0.2, 0.25) is 5.02 Å². The summed E-state index contributed by atoms with van der Waals surface area (Å²) in [6.45, 7) is 1.87. The Balaban J connectivity index is 3.18. The van der Waals surface area contributed by atoms with Crippen molar-refractivity contribution in [3.63, 3.8) is 0 Å². The van der Waals surface area contributed by atoms with Crippen molar-refractivity contribution < 1.29 is 13.9 Å². The Bertz CT molecular complexity index is 368. The Kier molecular flexibility index (Phi) is 4.12. The molecule has 1 rings (SSSR count). The summed E-state index contributed by atoms with van der Waals surface area (Å²) >= 11 is 7.40. The molecule has 76 valence electrons. The first-order valence-electron chi connectivity index (χ1n) is 3.88. The van der Waals surface area contributed by atoms with Crippen LogP contribution in [0.15, 0.2) is 12.1 Å². The van der Waals surface area contributed by atoms with Gasteiger partial charge in [0.2, 0.25) is 0 Å². The molecule has 1 aromatic rings. The highest BCUT2D eigenvalue weighted by molar-refractivity contribution is 14.1. The van der Waals surface area contributed by atoms with E-state index in [1.807, 2.05) is 22.6 Å². The van der Waals surface area contributed by atoms with Gasteiger partial charge in [-0.3, -0.25) is 0 Å². The SMILES string of the molecule is CCOC(=O)c1c(I)ccc(Cl)c1F. The molecule has 2 nitrogen and oxygen atoms in total. The summed E-state index contributed by atoms with van der Waals surface area (Å²) in [7, 11) is 0. The Morgan fingerprint density at radius 3 is 2.86 bits per heavy atom. The van der Waals surface area contributed by atoms with Crippen molar-refractivity contribution in [2.45, 2.75) is 6.92 Å². The third kappa shape index (κ3) is 2.36. The Hall–Kier alpha value is -0.360. The lowest BCUT2D eigenvalue weighted by Gasteiger charge is -2.06. The summed E-state index contributed by atoms with van der Waals surface area (Å²) in [5, 5.41) is -0.0755. The number of carbonyl (C=O) groups excluding carboxylic acids is 1.